The summed E-state index contributed by atoms with van der Waals surface area (Å²) < 4.78 is 14.7. The fraction of sp³-hybridized carbons (Fsp3) is 0.308. The van der Waals surface area contributed by atoms with E-state index in [2.05, 4.69) is 15.2 Å². The molecule has 0 bridgehead atoms. The summed E-state index contributed by atoms with van der Waals surface area (Å²) in [6, 6.07) is 11.7. The third-order valence-corrected chi connectivity index (χ3v) is 6.43. The molecule has 2 heterocycles. The third kappa shape index (κ3) is 4.62. The van der Waals surface area contributed by atoms with Crippen molar-refractivity contribution in [3.8, 4) is 0 Å². The van der Waals surface area contributed by atoms with Crippen LogP contribution < -0.4 is 11.3 Å². The summed E-state index contributed by atoms with van der Waals surface area (Å²) in [4.78, 5) is 31.3. The lowest BCUT2D eigenvalue weighted by molar-refractivity contribution is 0.0759. The number of aromatic amines is 1. The number of benzene rings is 2. The Labute approximate surface area is 196 Å². The highest BCUT2D eigenvalue weighted by Crippen LogP contribution is 2.29. The van der Waals surface area contributed by atoms with E-state index in [0.717, 1.165) is 23.1 Å². The molecule has 8 heteroatoms. The number of nitrogens with one attached hydrogen (secondary N) is 1. The summed E-state index contributed by atoms with van der Waals surface area (Å²) in [5.74, 6) is -0.262. The van der Waals surface area contributed by atoms with Crippen LogP contribution in [0.3, 0.4) is 0 Å². The van der Waals surface area contributed by atoms with Gasteiger partial charge in [-0.05, 0) is 54.5 Å². The zero-order valence-corrected chi connectivity index (χ0v) is 18.8. The molecule has 1 aliphatic carbocycles. The highest BCUT2D eigenvalue weighted by molar-refractivity contribution is 5.95. The maximum absolute atomic E-state index is 14.7. The number of hydrogen-bond donors (Lipinski definition) is 2. The van der Waals surface area contributed by atoms with Crippen LogP contribution in [0.25, 0.3) is 10.8 Å². The van der Waals surface area contributed by atoms with Gasteiger partial charge in [-0.3, -0.25) is 14.6 Å². The average Bonchev–Trinajstić information content (AvgIpc) is 3.67. The lowest BCUT2D eigenvalue weighted by Gasteiger charge is -2.28. The quantitative estimate of drug-likeness (QED) is 0.553. The number of rotatable bonds is 6. The number of hydrogen-bond acceptors (Lipinski definition) is 5. The van der Waals surface area contributed by atoms with E-state index in [1.165, 1.54) is 18.9 Å². The molecular formula is C26H26FN5O2. The van der Waals surface area contributed by atoms with Gasteiger partial charge in [-0.25, -0.2) is 9.49 Å². The van der Waals surface area contributed by atoms with Crippen LogP contribution in [0.15, 0.2) is 63.5 Å². The van der Waals surface area contributed by atoms with Crippen LogP contribution in [-0.4, -0.2) is 46.9 Å². The molecule has 2 aromatic carbocycles. The minimum Gasteiger partial charge on any atom is -0.400 e. The maximum Gasteiger partial charge on any atom is 0.272 e. The Hall–Kier alpha value is -3.81. The van der Waals surface area contributed by atoms with Gasteiger partial charge in [0, 0.05) is 36.8 Å². The van der Waals surface area contributed by atoms with Gasteiger partial charge in [0.15, 0.2) is 0 Å². The van der Waals surface area contributed by atoms with Gasteiger partial charge in [-0.2, -0.15) is 5.10 Å². The van der Waals surface area contributed by atoms with Crippen molar-refractivity contribution < 1.29 is 9.18 Å². The minimum atomic E-state index is -0.577. The molecule has 1 fully saturated rings. The van der Waals surface area contributed by atoms with Crippen LogP contribution in [-0.2, 0) is 6.42 Å². The second-order valence-electron chi connectivity index (χ2n) is 9.00. The van der Waals surface area contributed by atoms with E-state index in [0.29, 0.717) is 42.1 Å². The van der Waals surface area contributed by atoms with E-state index in [4.69, 9.17) is 5.73 Å². The Morgan fingerprint density at radius 1 is 1.24 bits per heavy atom. The summed E-state index contributed by atoms with van der Waals surface area (Å²) in [6.07, 6.45) is 5.26. The van der Waals surface area contributed by atoms with Crippen molar-refractivity contribution in [1.29, 1.82) is 0 Å². The molecule has 3 aromatic rings. The Morgan fingerprint density at radius 2 is 2.03 bits per heavy atom. The van der Waals surface area contributed by atoms with E-state index in [1.54, 1.807) is 29.2 Å². The average molecular weight is 460 g/mol. The number of aromatic nitrogens is 2. The van der Waals surface area contributed by atoms with Gasteiger partial charge in [0.25, 0.3) is 11.5 Å². The number of nitrogens with two attached hydrogens (primary N) is 1. The van der Waals surface area contributed by atoms with Crippen molar-refractivity contribution in [3.63, 3.8) is 0 Å². The molecule has 1 amide bonds. The van der Waals surface area contributed by atoms with Gasteiger partial charge in [0.1, 0.15) is 5.82 Å². The normalized spacial score (nSPS) is 16.6. The Bertz CT molecular complexity index is 1370. The van der Waals surface area contributed by atoms with Crippen molar-refractivity contribution in [2.24, 2.45) is 16.6 Å². The molecule has 5 rings (SSSR count). The van der Waals surface area contributed by atoms with E-state index in [9.17, 15) is 14.0 Å². The molecule has 0 saturated heterocycles. The number of aliphatic imine (C=N–C) groups is 1. The van der Waals surface area contributed by atoms with Crippen molar-refractivity contribution in [2.45, 2.75) is 25.7 Å². The largest absolute Gasteiger partial charge is 0.400 e. The summed E-state index contributed by atoms with van der Waals surface area (Å²) in [5, 5.41) is 7.97. The van der Waals surface area contributed by atoms with Crippen molar-refractivity contribution >= 4 is 22.9 Å². The van der Waals surface area contributed by atoms with Gasteiger partial charge in [0.05, 0.1) is 23.2 Å². The number of H-pyrrole nitrogens is 1. The van der Waals surface area contributed by atoms with Crippen molar-refractivity contribution in [1.82, 2.24) is 15.1 Å². The minimum absolute atomic E-state index is 0.00452. The van der Waals surface area contributed by atoms with E-state index in [1.807, 2.05) is 18.3 Å². The molecule has 174 valence electrons. The smallest absolute Gasteiger partial charge is 0.272 e. The second-order valence-corrected chi connectivity index (χ2v) is 9.00. The number of carbonyl (C=O) groups is 1. The van der Waals surface area contributed by atoms with E-state index in [-0.39, 0.29) is 17.7 Å². The van der Waals surface area contributed by atoms with Crippen molar-refractivity contribution in [2.75, 3.05) is 19.6 Å². The first-order valence-electron chi connectivity index (χ1n) is 11.5. The van der Waals surface area contributed by atoms with Gasteiger partial charge in [-0.15, -0.1) is 0 Å². The summed E-state index contributed by atoms with van der Waals surface area (Å²) in [6.45, 7) is 1.54. The van der Waals surface area contributed by atoms with Gasteiger partial charge < -0.3 is 10.6 Å². The molecule has 1 saturated carbocycles. The predicted molar refractivity (Wildman–Crippen MR) is 129 cm³/mol. The third-order valence-electron chi connectivity index (χ3n) is 6.43. The molecule has 34 heavy (non-hydrogen) atoms. The molecular weight excluding hydrogens is 433 g/mol. The standard InChI is InChI=1S/C26H26FN5O2/c27-22-8-7-17(12-24-19-3-1-2-4-20(19)25(33)31-30-24)11-21(22)26(34)32-10-9-18(23(28)15-32)14-29-13-16-5-6-16/h1-4,7-8,11,14,16H,5-6,9-10,12-13,15,28H2,(H,31,33). The number of carbonyl (C=O) groups excluding carboxylic acids is 1. The summed E-state index contributed by atoms with van der Waals surface area (Å²) >= 11 is 0. The Balaban J connectivity index is 1.35. The molecule has 1 aromatic heterocycles. The molecule has 2 aliphatic rings. The van der Waals surface area contributed by atoms with Gasteiger partial charge >= 0.3 is 0 Å². The lowest BCUT2D eigenvalue weighted by atomic mass is 10.0. The van der Waals surface area contributed by atoms with Gasteiger partial charge in [0.2, 0.25) is 0 Å². The number of nitrogens with zero attached hydrogens (tertiary/aromatic N) is 3. The molecule has 0 unspecified atom stereocenters. The highest BCUT2D eigenvalue weighted by Gasteiger charge is 2.25. The lowest BCUT2D eigenvalue weighted by Crippen LogP contribution is -2.39. The Kier molecular flexibility index (Phi) is 5.96. The van der Waals surface area contributed by atoms with Crippen LogP contribution in [0.5, 0.6) is 0 Å². The summed E-state index contributed by atoms with van der Waals surface area (Å²) in [7, 11) is 0. The topological polar surface area (TPSA) is 104 Å². The summed E-state index contributed by atoms with van der Waals surface area (Å²) in [5.41, 5.74) is 8.89. The SMILES string of the molecule is NC1=C(C=NCC2CC2)CCN(C(=O)c2cc(Cc3n[nH]c(=O)c4ccccc34)ccc2F)C1. The second kappa shape index (κ2) is 9.21. The molecule has 7 nitrogen and oxygen atoms in total. The molecule has 0 spiro atoms. The molecule has 0 radical (unpaired) electrons. The van der Waals surface area contributed by atoms with Crippen LogP contribution in [0.2, 0.25) is 0 Å². The van der Waals surface area contributed by atoms with E-state index < -0.39 is 11.7 Å². The first kappa shape index (κ1) is 22.0. The van der Waals surface area contributed by atoms with Crippen molar-refractivity contribution in [3.05, 3.63) is 86.7 Å². The fourth-order valence-corrected chi connectivity index (χ4v) is 4.25. The first-order chi connectivity index (χ1) is 16.5. The number of amides is 1. The first-order valence-corrected chi connectivity index (χ1v) is 11.5. The molecule has 0 atom stereocenters. The zero-order chi connectivity index (χ0) is 23.7. The monoisotopic (exact) mass is 459 g/mol. The van der Waals surface area contributed by atoms with Gasteiger partial charge in [-0.1, -0.05) is 24.3 Å². The number of halogens is 1. The van der Waals surface area contributed by atoms with E-state index >= 15 is 0 Å². The molecule has 3 N–H and O–H groups in total. The molecule has 1 aliphatic heterocycles. The predicted octanol–water partition coefficient (Wildman–Crippen LogP) is 3.19. The van der Waals surface area contributed by atoms with Crippen LogP contribution in [0.4, 0.5) is 4.39 Å². The Morgan fingerprint density at radius 3 is 2.79 bits per heavy atom. The highest BCUT2D eigenvalue weighted by atomic mass is 19.1. The number of fused-ring (bicyclic) bond motifs is 1. The zero-order valence-electron chi connectivity index (χ0n) is 18.8. The van der Waals surface area contributed by atoms with Crippen LogP contribution in [0.1, 0.15) is 40.9 Å². The fourth-order valence-electron chi connectivity index (χ4n) is 4.25. The van der Waals surface area contributed by atoms with Crippen LogP contribution in [0, 0.1) is 11.7 Å². The van der Waals surface area contributed by atoms with Crippen LogP contribution >= 0.6 is 0 Å². The maximum atomic E-state index is 14.7.